The largest absolute Gasteiger partial charge is 0.497 e. The van der Waals surface area contributed by atoms with Crippen LogP contribution in [0.4, 0.5) is 10.1 Å². The van der Waals surface area contributed by atoms with E-state index >= 15 is 0 Å². The smallest absolute Gasteiger partial charge is 0.226 e. The molecule has 0 spiro atoms. The second kappa shape index (κ2) is 10.8. The molecule has 4 aromatic rings. The van der Waals surface area contributed by atoms with E-state index in [0.29, 0.717) is 17.3 Å². The molecule has 5 rings (SSSR count). The average Bonchev–Trinajstić information content (AvgIpc) is 3.53. The molecule has 3 heterocycles. The van der Waals surface area contributed by atoms with Crippen LogP contribution in [0.5, 0.6) is 5.75 Å². The van der Waals surface area contributed by atoms with Crippen molar-refractivity contribution in [2.24, 2.45) is 0 Å². The van der Waals surface area contributed by atoms with E-state index in [-0.39, 0.29) is 30.2 Å². The lowest BCUT2D eigenvalue weighted by Gasteiger charge is -2.29. The fraction of sp³-hybridized carbons (Fsp3) is 0.179. The highest BCUT2D eigenvalue weighted by molar-refractivity contribution is 7.80. The molecule has 9 heteroatoms. The first-order valence-electron chi connectivity index (χ1n) is 11.9. The predicted molar refractivity (Wildman–Crippen MR) is 144 cm³/mol. The number of thiocarbonyl (C=S) groups is 1. The van der Waals surface area contributed by atoms with Gasteiger partial charge in [0.05, 0.1) is 24.9 Å². The van der Waals surface area contributed by atoms with Crippen LogP contribution in [0.2, 0.25) is 0 Å². The van der Waals surface area contributed by atoms with Gasteiger partial charge in [-0.25, -0.2) is 4.39 Å². The molecule has 1 aliphatic rings. The van der Waals surface area contributed by atoms with Gasteiger partial charge < -0.3 is 24.8 Å². The molecule has 2 aromatic heterocycles. The standard InChI is InChI=1S/C28H26FN5O2S/c1-36-22-13-11-21(12-14-22)33-17-4-6-24(33)27-26(23-5-2-3-16-30-23)32-28(37)34(27)18-15-25(35)31-20-9-7-19(29)8-10-20/h2-14,16-17,26-27H,15,18H2,1H3,(H,31,35)(H,32,37)/t26-,27-/m0/s1. The Morgan fingerprint density at radius 2 is 1.86 bits per heavy atom. The van der Waals surface area contributed by atoms with E-state index in [1.54, 1.807) is 13.3 Å². The average molecular weight is 516 g/mol. The van der Waals surface area contributed by atoms with Crippen molar-refractivity contribution in [3.05, 3.63) is 108 Å². The van der Waals surface area contributed by atoms with Gasteiger partial charge in [0.1, 0.15) is 11.6 Å². The molecular weight excluding hydrogens is 489 g/mol. The van der Waals surface area contributed by atoms with Gasteiger partial charge in [-0.05, 0) is 85.0 Å². The van der Waals surface area contributed by atoms with Crippen LogP contribution in [0.25, 0.3) is 5.69 Å². The van der Waals surface area contributed by atoms with Crippen molar-refractivity contribution < 1.29 is 13.9 Å². The number of ether oxygens (including phenoxy) is 1. The van der Waals surface area contributed by atoms with Crippen molar-refractivity contribution in [1.82, 2.24) is 19.8 Å². The quantitative estimate of drug-likeness (QED) is 0.321. The maximum atomic E-state index is 13.2. The van der Waals surface area contributed by atoms with Gasteiger partial charge in [-0.3, -0.25) is 9.78 Å². The summed E-state index contributed by atoms with van der Waals surface area (Å²) in [5.41, 5.74) is 3.39. The Labute approximate surface area is 219 Å². The van der Waals surface area contributed by atoms with Crippen LogP contribution in [0.1, 0.15) is 29.9 Å². The molecule has 0 radical (unpaired) electrons. The molecule has 0 saturated carbocycles. The van der Waals surface area contributed by atoms with Crippen LogP contribution in [-0.4, -0.2) is 39.1 Å². The number of halogens is 1. The molecule has 188 valence electrons. The third kappa shape index (κ3) is 5.31. The van der Waals surface area contributed by atoms with Crippen LogP contribution in [0, 0.1) is 5.82 Å². The number of anilines is 1. The Hall–Kier alpha value is -4.24. The zero-order valence-electron chi connectivity index (χ0n) is 20.2. The molecule has 0 unspecified atom stereocenters. The molecule has 0 aliphatic carbocycles. The van der Waals surface area contributed by atoms with Crippen molar-refractivity contribution in [2.75, 3.05) is 19.0 Å². The summed E-state index contributed by atoms with van der Waals surface area (Å²) in [6, 6.07) is 23.0. The van der Waals surface area contributed by atoms with Gasteiger partial charge in [0, 0.05) is 42.4 Å². The molecular formula is C28H26FN5O2S. The van der Waals surface area contributed by atoms with E-state index in [1.165, 1.54) is 24.3 Å². The summed E-state index contributed by atoms with van der Waals surface area (Å²) in [6.07, 6.45) is 3.97. The molecule has 0 bridgehead atoms. The first-order chi connectivity index (χ1) is 18.0. The summed E-state index contributed by atoms with van der Waals surface area (Å²) in [6.45, 7) is 0.390. The third-order valence-corrected chi connectivity index (χ3v) is 6.69. The zero-order chi connectivity index (χ0) is 25.8. The summed E-state index contributed by atoms with van der Waals surface area (Å²) >= 11 is 5.75. The van der Waals surface area contributed by atoms with E-state index in [9.17, 15) is 9.18 Å². The van der Waals surface area contributed by atoms with Crippen molar-refractivity contribution in [1.29, 1.82) is 0 Å². The Morgan fingerprint density at radius 1 is 1.08 bits per heavy atom. The lowest BCUT2D eigenvalue weighted by Crippen LogP contribution is -2.33. The van der Waals surface area contributed by atoms with Gasteiger partial charge >= 0.3 is 0 Å². The topological polar surface area (TPSA) is 71.4 Å². The number of hydrogen-bond donors (Lipinski definition) is 2. The number of pyridine rings is 1. The number of rotatable bonds is 8. The molecule has 1 saturated heterocycles. The number of benzene rings is 2. The molecule has 37 heavy (non-hydrogen) atoms. The molecule has 1 aliphatic heterocycles. The normalized spacial score (nSPS) is 16.9. The van der Waals surface area contributed by atoms with Crippen LogP contribution < -0.4 is 15.4 Å². The minimum Gasteiger partial charge on any atom is -0.497 e. The Balaban J connectivity index is 1.43. The van der Waals surface area contributed by atoms with E-state index in [1.807, 2.05) is 59.6 Å². The fourth-order valence-corrected chi connectivity index (χ4v) is 4.89. The summed E-state index contributed by atoms with van der Waals surface area (Å²) in [7, 11) is 1.64. The monoisotopic (exact) mass is 515 g/mol. The Bertz CT molecular complexity index is 1380. The highest BCUT2D eigenvalue weighted by atomic mass is 32.1. The summed E-state index contributed by atoms with van der Waals surface area (Å²) < 4.78 is 20.6. The number of carbonyl (C=O) groups excluding carboxylic acids is 1. The fourth-order valence-electron chi connectivity index (χ4n) is 4.56. The summed E-state index contributed by atoms with van der Waals surface area (Å²) in [5.74, 6) is 0.246. The minimum atomic E-state index is -0.352. The first-order valence-corrected chi connectivity index (χ1v) is 12.3. The molecule has 2 atom stereocenters. The molecule has 7 nitrogen and oxygen atoms in total. The minimum absolute atomic E-state index is 0.181. The van der Waals surface area contributed by atoms with Crippen molar-refractivity contribution in [3.63, 3.8) is 0 Å². The molecule has 1 amide bonds. The number of nitrogens with one attached hydrogen (secondary N) is 2. The van der Waals surface area contributed by atoms with E-state index in [0.717, 1.165) is 22.8 Å². The Morgan fingerprint density at radius 3 is 2.57 bits per heavy atom. The van der Waals surface area contributed by atoms with Gasteiger partial charge in [0.2, 0.25) is 5.91 Å². The second-order valence-corrected chi connectivity index (χ2v) is 9.01. The van der Waals surface area contributed by atoms with Crippen LogP contribution >= 0.6 is 12.2 Å². The van der Waals surface area contributed by atoms with Gasteiger partial charge in [-0.1, -0.05) is 6.07 Å². The predicted octanol–water partition coefficient (Wildman–Crippen LogP) is 5.02. The lowest BCUT2D eigenvalue weighted by atomic mass is 10.0. The lowest BCUT2D eigenvalue weighted by molar-refractivity contribution is -0.116. The molecule has 2 aromatic carbocycles. The van der Waals surface area contributed by atoms with Crippen molar-refractivity contribution in [2.45, 2.75) is 18.5 Å². The number of nitrogens with zero attached hydrogens (tertiary/aromatic N) is 3. The summed E-state index contributed by atoms with van der Waals surface area (Å²) in [5, 5.41) is 6.80. The van der Waals surface area contributed by atoms with Gasteiger partial charge in [0.15, 0.2) is 5.11 Å². The van der Waals surface area contributed by atoms with Crippen molar-refractivity contribution >= 4 is 28.9 Å². The van der Waals surface area contributed by atoms with Crippen LogP contribution in [0.3, 0.4) is 0 Å². The van der Waals surface area contributed by atoms with Gasteiger partial charge in [0.25, 0.3) is 0 Å². The number of aromatic nitrogens is 2. The first kappa shape index (κ1) is 24.5. The Kier molecular flexibility index (Phi) is 7.14. The summed E-state index contributed by atoms with van der Waals surface area (Å²) in [4.78, 5) is 19.4. The highest BCUT2D eigenvalue weighted by Gasteiger charge is 2.41. The van der Waals surface area contributed by atoms with E-state index < -0.39 is 0 Å². The number of carbonyl (C=O) groups is 1. The van der Waals surface area contributed by atoms with Crippen molar-refractivity contribution in [3.8, 4) is 11.4 Å². The highest BCUT2D eigenvalue weighted by Crippen LogP contribution is 2.39. The molecule has 2 N–H and O–H groups in total. The number of methoxy groups -OCH3 is 1. The van der Waals surface area contributed by atoms with Gasteiger partial charge in [-0.15, -0.1) is 0 Å². The maximum Gasteiger partial charge on any atom is 0.226 e. The SMILES string of the molecule is COc1ccc(-n2cccc2[C@H]2[C@H](c3ccccn3)NC(=S)N2CCC(=O)Nc2ccc(F)cc2)cc1. The van der Waals surface area contributed by atoms with E-state index in [4.69, 9.17) is 17.0 Å². The molecule has 1 fully saturated rings. The second-order valence-electron chi connectivity index (χ2n) is 8.63. The van der Waals surface area contributed by atoms with Crippen LogP contribution in [-0.2, 0) is 4.79 Å². The number of amides is 1. The third-order valence-electron chi connectivity index (χ3n) is 6.34. The van der Waals surface area contributed by atoms with E-state index in [2.05, 4.69) is 26.3 Å². The maximum absolute atomic E-state index is 13.2. The number of hydrogen-bond acceptors (Lipinski definition) is 4. The zero-order valence-corrected chi connectivity index (χ0v) is 21.0. The van der Waals surface area contributed by atoms with Gasteiger partial charge in [-0.2, -0.15) is 0 Å². The van der Waals surface area contributed by atoms with Crippen LogP contribution in [0.15, 0.2) is 91.3 Å².